The van der Waals surface area contributed by atoms with Crippen LogP contribution in [-0.4, -0.2) is 30.3 Å². The molecule has 4 nitrogen and oxygen atoms in total. The molecule has 0 fully saturated rings. The highest BCUT2D eigenvalue weighted by Gasteiger charge is 2.18. The zero-order valence-electron chi connectivity index (χ0n) is 12.1. The van der Waals surface area contributed by atoms with Crippen molar-refractivity contribution in [1.29, 1.82) is 0 Å². The van der Waals surface area contributed by atoms with Gasteiger partial charge in [-0.15, -0.1) is 0 Å². The lowest BCUT2D eigenvalue weighted by Crippen LogP contribution is -2.33. The van der Waals surface area contributed by atoms with Gasteiger partial charge in [-0.05, 0) is 36.2 Å². The van der Waals surface area contributed by atoms with E-state index >= 15 is 0 Å². The molecular formula is C16H17F2NO3. The average Bonchev–Trinajstić information content (AvgIpc) is 2.46. The van der Waals surface area contributed by atoms with Gasteiger partial charge in [-0.25, -0.2) is 0 Å². The number of carbonyl (C=O) groups is 1. The van der Waals surface area contributed by atoms with Gasteiger partial charge < -0.3 is 15.2 Å². The summed E-state index contributed by atoms with van der Waals surface area (Å²) in [5, 5.41) is 13.0. The first kappa shape index (κ1) is 16.2. The van der Waals surface area contributed by atoms with Gasteiger partial charge in [0.05, 0.1) is 5.56 Å². The second-order valence-electron chi connectivity index (χ2n) is 4.96. The molecule has 6 heteroatoms. The molecule has 2 N–H and O–H groups in total. The Labute approximate surface area is 126 Å². The highest BCUT2D eigenvalue weighted by Crippen LogP contribution is 2.27. The fourth-order valence-corrected chi connectivity index (χ4v) is 2.16. The minimum atomic E-state index is -3.01. The fourth-order valence-electron chi connectivity index (χ4n) is 2.16. The van der Waals surface area contributed by atoms with E-state index in [0.717, 1.165) is 5.39 Å². The number of nitrogens with one attached hydrogen (secondary N) is 1. The first-order valence-corrected chi connectivity index (χ1v) is 6.90. The van der Waals surface area contributed by atoms with Crippen molar-refractivity contribution in [2.24, 2.45) is 0 Å². The van der Waals surface area contributed by atoms with Gasteiger partial charge in [0.2, 0.25) is 0 Å². The van der Waals surface area contributed by atoms with Crippen molar-refractivity contribution >= 4 is 16.7 Å². The van der Waals surface area contributed by atoms with Crippen molar-refractivity contribution in [3.8, 4) is 5.75 Å². The van der Waals surface area contributed by atoms with Gasteiger partial charge in [-0.2, -0.15) is 8.78 Å². The molecule has 0 saturated carbocycles. The standard InChI is InChI=1S/C16H17F2NO3/c1-10(6-7-20)19-15(21)13-8-11-4-2-3-5-12(11)9-14(13)22-16(17)18/h2-5,8-10,16,20H,6-7H2,1H3,(H,19,21). The molecule has 1 amide bonds. The van der Waals surface area contributed by atoms with Gasteiger partial charge in [0.15, 0.2) is 0 Å². The van der Waals surface area contributed by atoms with E-state index in [4.69, 9.17) is 5.11 Å². The van der Waals surface area contributed by atoms with Gasteiger partial charge in [-0.1, -0.05) is 24.3 Å². The zero-order valence-corrected chi connectivity index (χ0v) is 12.1. The van der Waals surface area contributed by atoms with E-state index in [1.165, 1.54) is 12.1 Å². The highest BCUT2D eigenvalue weighted by molar-refractivity contribution is 6.01. The predicted octanol–water partition coefficient (Wildman–Crippen LogP) is 2.94. The SMILES string of the molecule is CC(CCO)NC(=O)c1cc2ccccc2cc1OC(F)F. The van der Waals surface area contributed by atoms with Crippen LogP contribution in [0.5, 0.6) is 5.75 Å². The highest BCUT2D eigenvalue weighted by atomic mass is 19.3. The minimum Gasteiger partial charge on any atom is -0.434 e. The van der Waals surface area contributed by atoms with E-state index in [1.807, 2.05) is 0 Å². The molecule has 0 aliphatic heterocycles. The smallest absolute Gasteiger partial charge is 0.387 e. The van der Waals surface area contributed by atoms with Gasteiger partial charge in [0, 0.05) is 12.6 Å². The van der Waals surface area contributed by atoms with Crippen LogP contribution in [0.15, 0.2) is 36.4 Å². The normalized spacial score (nSPS) is 12.4. The molecular weight excluding hydrogens is 292 g/mol. The Morgan fingerprint density at radius 2 is 1.91 bits per heavy atom. The van der Waals surface area contributed by atoms with Crippen LogP contribution in [0.2, 0.25) is 0 Å². The van der Waals surface area contributed by atoms with Crippen molar-refractivity contribution in [3.63, 3.8) is 0 Å². The van der Waals surface area contributed by atoms with Crippen LogP contribution in [0.4, 0.5) is 8.78 Å². The van der Waals surface area contributed by atoms with E-state index in [1.54, 1.807) is 31.2 Å². The topological polar surface area (TPSA) is 58.6 Å². The molecule has 1 atom stereocenters. The Morgan fingerprint density at radius 1 is 1.27 bits per heavy atom. The first-order valence-electron chi connectivity index (χ1n) is 6.90. The van der Waals surface area contributed by atoms with E-state index in [9.17, 15) is 13.6 Å². The van der Waals surface area contributed by atoms with Crippen molar-refractivity contribution in [1.82, 2.24) is 5.32 Å². The average molecular weight is 309 g/mol. The molecule has 1 unspecified atom stereocenters. The summed E-state index contributed by atoms with van der Waals surface area (Å²) in [4.78, 5) is 12.3. The summed E-state index contributed by atoms with van der Waals surface area (Å²) in [5.41, 5.74) is 0.0452. The van der Waals surface area contributed by atoms with Crippen LogP contribution >= 0.6 is 0 Å². The summed E-state index contributed by atoms with van der Waals surface area (Å²) in [7, 11) is 0. The molecule has 0 aliphatic carbocycles. The number of fused-ring (bicyclic) bond motifs is 1. The molecule has 0 saturated heterocycles. The largest absolute Gasteiger partial charge is 0.434 e. The van der Waals surface area contributed by atoms with Crippen LogP contribution in [0.25, 0.3) is 10.8 Å². The van der Waals surface area contributed by atoms with Gasteiger partial charge in [-0.3, -0.25) is 4.79 Å². The van der Waals surface area contributed by atoms with Crippen molar-refractivity contribution in [2.45, 2.75) is 26.0 Å². The maximum Gasteiger partial charge on any atom is 0.387 e. The number of hydrogen-bond donors (Lipinski definition) is 2. The van der Waals surface area contributed by atoms with Crippen LogP contribution in [-0.2, 0) is 0 Å². The van der Waals surface area contributed by atoms with Crippen molar-refractivity contribution in [2.75, 3.05) is 6.61 Å². The number of halogens is 2. The number of rotatable bonds is 6. The van der Waals surface area contributed by atoms with E-state index in [-0.39, 0.29) is 24.0 Å². The second kappa shape index (κ2) is 7.17. The molecule has 0 radical (unpaired) electrons. The van der Waals surface area contributed by atoms with Crippen LogP contribution < -0.4 is 10.1 Å². The maximum absolute atomic E-state index is 12.6. The maximum atomic E-state index is 12.6. The third kappa shape index (κ3) is 3.92. The summed E-state index contributed by atoms with van der Waals surface area (Å²) in [5.74, 6) is -0.676. The third-order valence-electron chi connectivity index (χ3n) is 3.25. The number of carbonyl (C=O) groups excluding carboxylic acids is 1. The molecule has 22 heavy (non-hydrogen) atoms. The molecule has 2 aromatic carbocycles. The molecule has 0 aliphatic rings. The number of alkyl halides is 2. The number of amides is 1. The first-order chi connectivity index (χ1) is 10.5. The van der Waals surface area contributed by atoms with E-state index < -0.39 is 12.5 Å². The lowest BCUT2D eigenvalue weighted by Gasteiger charge is -2.16. The summed E-state index contributed by atoms with van der Waals surface area (Å²) in [6.07, 6.45) is 0.379. The quantitative estimate of drug-likeness (QED) is 0.862. The number of hydrogen-bond acceptors (Lipinski definition) is 3. The fraction of sp³-hybridized carbons (Fsp3) is 0.312. The molecule has 0 aromatic heterocycles. The summed E-state index contributed by atoms with van der Waals surface area (Å²) >= 11 is 0. The second-order valence-corrected chi connectivity index (χ2v) is 4.96. The molecule has 0 spiro atoms. The molecule has 2 rings (SSSR count). The molecule has 2 aromatic rings. The summed E-state index contributed by atoms with van der Waals surface area (Å²) in [6, 6.07) is 9.78. The van der Waals surface area contributed by atoms with Crippen molar-refractivity contribution in [3.05, 3.63) is 42.0 Å². The molecule has 118 valence electrons. The number of aliphatic hydroxyl groups excluding tert-OH is 1. The monoisotopic (exact) mass is 309 g/mol. The minimum absolute atomic E-state index is 0.0452. The number of ether oxygens (including phenoxy) is 1. The molecule has 0 bridgehead atoms. The lowest BCUT2D eigenvalue weighted by molar-refractivity contribution is -0.0500. The Balaban J connectivity index is 2.38. The van der Waals surface area contributed by atoms with Crippen LogP contribution in [0.3, 0.4) is 0 Å². The van der Waals surface area contributed by atoms with E-state index in [0.29, 0.717) is 11.8 Å². The Morgan fingerprint density at radius 3 is 2.50 bits per heavy atom. The Kier molecular flexibility index (Phi) is 5.27. The summed E-state index contributed by atoms with van der Waals surface area (Å²) in [6.45, 7) is -1.36. The predicted molar refractivity (Wildman–Crippen MR) is 79.2 cm³/mol. The molecule has 0 heterocycles. The Hall–Kier alpha value is -2.21. The van der Waals surface area contributed by atoms with Crippen LogP contribution in [0, 0.1) is 0 Å². The number of benzene rings is 2. The van der Waals surface area contributed by atoms with Crippen LogP contribution in [0.1, 0.15) is 23.7 Å². The van der Waals surface area contributed by atoms with Gasteiger partial charge in [0.1, 0.15) is 5.75 Å². The zero-order chi connectivity index (χ0) is 16.1. The summed E-state index contributed by atoms with van der Waals surface area (Å²) < 4.78 is 29.6. The number of aliphatic hydroxyl groups is 1. The van der Waals surface area contributed by atoms with Gasteiger partial charge in [0.25, 0.3) is 5.91 Å². The third-order valence-corrected chi connectivity index (χ3v) is 3.25. The Bertz CT molecular complexity index is 661. The lowest BCUT2D eigenvalue weighted by atomic mass is 10.0. The van der Waals surface area contributed by atoms with Gasteiger partial charge >= 0.3 is 6.61 Å². The van der Waals surface area contributed by atoms with Crippen molar-refractivity contribution < 1.29 is 23.4 Å². The van der Waals surface area contributed by atoms with E-state index in [2.05, 4.69) is 10.1 Å².